The summed E-state index contributed by atoms with van der Waals surface area (Å²) in [5.74, 6) is 1.10. The molecule has 4 rings (SSSR count). The number of anilines is 2. The molecule has 0 radical (unpaired) electrons. The fraction of sp³-hybridized carbons (Fsp3) is 0.0909. The van der Waals surface area contributed by atoms with Crippen molar-refractivity contribution in [1.29, 1.82) is 0 Å². The number of rotatable bonds is 7. The Kier molecular flexibility index (Phi) is 6.18. The lowest BCUT2D eigenvalue weighted by molar-refractivity contribution is -0.385. The van der Waals surface area contributed by atoms with Gasteiger partial charge in [-0.25, -0.2) is 13.4 Å². The second-order valence-corrected chi connectivity index (χ2v) is 9.80. The first-order valence-corrected chi connectivity index (χ1v) is 12.2. The molecule has 2 heterocycles. The summed E-state index contributed by atoms with van der Waals surface area (Å²) in [7, 11) is -4.05. The van der Waals surface area contributed by atoms with Crippen molar-refractivity contribution in [2.75, 3.05) is 10.0 Å². The van der Waals surface area contributed by atoms with E-state index in [-0.39, 0.29) is 16.3 Å². The maximum Gasteiger partial charge on any atom is 0.270 e. The van der Waals surface area contributed by atoms with E-state index < -0.39 is 20.9 Å². The SMILES string of the molecule is Cc1cc(-c2csc(NC(=O)c3ccc(NS(=O)(=O)c4cccc([N+](=O)[O-])c4)cc3)n2)c(C)o1. The van der Waals surface area contributed by atoms with E-state index in [1.54, 1.807) is 0 Å². The number of benzene rings is 2. The lowest BCUT2D eigenvalue weighted by Crippen LogP contribution is -2.14. The van der Waals surface area contributed by atoms with E-state index in [9.17, 15) is 23.3 Å². The van der Waals surface area contributed by atoms with Crippen LogP contribution in [-0.4, -0.2) is 24.2 Å². The molecule has 174 valence electrons. The number of amides is 1. The van der Waals surface area contributed by atoms with Crippen LogP contribution in [0.2, 0.25) is 0 Å². The first kappa shape index (κ1) is 23.1. The second kappa shape index (κ2) is 9.08. The van der Waals surface area contributed by atoms with Crippen molar-refractivity contribution in [3.8, 4) is 11.3 Å². The fourth-order valence-electron chi connectivity index (χ4n) is 3.18. The van der Waals surface area contributed by atoms with Gasteiger partial charge in [0.1, 0.15) is 11.5 Å². The Morgan fingerprint density at radius 1 is 1.12 bits per heavy atom. The number of nitrogens with one attached hydrogen (secondary N) is 2. The monoisotopic (exact) mass is 498 g/mol. The van der Waals surface area contributed by atoms with Crippen LogP contribution in [0, 0.1) is 24.0 Å². The number of carbonyl (C=O) groups is 1. The van der Waals surface area contributed by atoms with Crippen LogP contribution in [0.15, 0.2) is 69.3 Å². The topological polar surface area (TPSA) is 144 Å². The third-order valence-electron chi connectivity index (χ3n) is 4.78. The normalized spacial score (nSPS) is 11.2. The minimum atomic E-state index is -4.05. The Labute approximate surface area is 198 Å². The van der Waals surface area contributed by atoms with Crippen molar-refractivity contribution in [2.24, 2.45) is 0 Å². The van der Waals surface area contributed by atoms with Gasteiger partial charge in [-0.1, -0.05) is 6.07 Å². The number of sulfonamides is 1. The molecule has 0 fully saturated rings. The number of hydrogen-bond donors (Lipinski definition) is 2. The number of nitro groups is 1. The van der Waals surface area contributed by atoms with Crippen LogP contribution >= 0.6 is 11.3 Å². The second-order valence-electron chi connectivity index (χ2n) is 7.26. The van der Waals surface area contributed by atoms with E-state index in [4.69, 9.17) is 4.42 Å². The van der Waals surface area contributed by atoms with E-state index in [0.29, 0.717) is 16.4 Å². The van der Waals surface area contributed by atoms with Gasteiger partial charge in [0.15, 0.2) is 5.13 Å². The number of aryl methyl sites for hydroxylation is 2. The molecular formula is C22H18N4O6S2. The lowest BCUT2D eigenvalue weighted by Gasteiger charge is -2.09. The van der Waals surface area contributed by atoms with E-state index in [2.05, 4.69) is 15.0 Å². The highest BCUT2D eigenvalue weighted by atomic mass is 32.2. The van der Waals surface area contributed by atoms with Crippen LogP contribution in [-0.2, 0) is 10.0 Å². The maximum absolute atomic E-state index is 12.6. The molecule has 0 saturated carbocycles. The van der Waals surface area contributed by atoms with Crippen LogP contribution in [0.25, 0.3) is 11.3 Å². The molecule has 0 aliphatic heterocycles. The zero-order valence-electron chi connectivity index (χ0n) is 17.9. The maximum atomic E-state index is 12.6. The molecule has 0 aliphatic rings. The molecule has 10 nitrogen and oxygen atoms in total. The Bertz CT molecular complexity index is 1490. The largest absolute Gasteiger partial charge is 0.466 e. The van der Waals surface area contributed by atoms with Gasteiger partial charge in [0.25, 0.3) is 21.6 Å². The van der Waals surface area contributed by atoms with Crippen LogP contribution in [0.5, 0.6) is 0 Å². The molecule has 0 saturated heterocycles. The first-order valence-electron chi connectivity index (χ1n) is 9.84. The molecule has 34 heavy (non-hydrogen) atoms. The third kappa shape index (κ3) is 4.97. The first-order chi connectivity index (χ1) is 16.1. The third-order valence-corrected chi connectivity index (χ3v) is 6.92. The van der Waals surface area contributed by atoms with E-state index in [1.165, 1.54) is 53.8 Å². The molecule has 12 heteroatoms. The summed E-state index contributed by atoms with van der Waals surface area (Å²) in [5, 5.41) is 15.9. The van der Waals surface area contributed by atoms with Gasteiger partial charge in [-0.3, -0.25) is 24.9 Å². The highest BCUT2D eigenvalue weighted by molar-refractivity contribution is 7.92. The van der Waals surface area contributed by atoms with Crippen LogP contribution in [0.4, 0.5) is 16.5 Å². The van der Waals surface area contributed by atoms with Crippen molar-refractivity contribution >= 4 is 43.8 Å². The predicted molar refractivity (Wildman–Crippen MR) is 128 cm³/mol. The van der Waals surface area contributed by atoms with Crippen molar-refractivity contribution in [3.05, 3.63) is 87.2 Å². The highest BCUT2D eigenvalue weighted by Gasteiger charge is 2.18. The number of nitrogens with zero attached hydrogens (tertiary/aromatic N) is 2. The number of furan rings is 1. The molecule has 2 aromatic carbocycles. The average Bonchev–Trinajstić information content (AvgIpc) is 3.39. The van der Waals surface area contributed by atoms with Crippen molar-refractivity contribution in [1.82, 2.24) is 4.98 Å². The van der Waals surface area contributed by atoms with E-state index >= 15 is 0 Å². The van der Waals surface area contributed by atoms with Gasteiger partial charge in [0.2, 0.25) is 0 Å². The smallest absolute Gasteiger partial charge is 0.270 e. The lowest BCUT2D eigenvalue weighted by atomic mass is 10.2. The summed E-state index contributed by atoms with van der Waals surface area (Å²) in [5.41, 5.74) is 1.71. The van der Waals surface area contributed by atoms with Crippen molar-refractivity contribution < 1.29 is 22.6 Å². The summed E-state index contributed by atoms with van der Waals surface area (Å²) in [6.45, 7) is 3.69. The number of hydrogen-bond acceptors (Lipinski definition) is 8. The van der Waals surface area contributed by atoms with Gasteiger partial charge in [0.05, 0.1) is 15.5 Å². The highest BCUT2D eigenvalue weighted by Crippen LogP contribution is 2.30. The minimum absolute atomic E-state index is 0.199. The molecule has 0 spiro atoms. The number of thiazole rings is 1. The summed E-state index contributed by atoms with van der Waals surface area (Å²) in [4.78, 5) is 27.0. The average molecular weight is 499 g/mol. The van der Waals surface area contributed by atoms with Gasteiger partial charge in [-0.2, -0.15) is 0 Å². The Morgan fingerprint density at radius 3 is 2.50 bits per heavy atom. The number of nitro benzene ring substituents is 1. The standard InChI is InChI=1S/C22H18N4O6S2/c1-13-10-19(14(2)32-13)20-12-33-22(23-20)24-21(27)15-6-8-16(9-7-15)25-34(30,31)18-5-3-4-17(11-18)26(28)29/h3-12,25H,1-2H3,(H,23,24,27). The van der Waals surface area contributed by atoms with Crippen LogP contribution in [0.3, 0.4) is 0 Å². The Hall–Kier alpha value is -4.03. The van der Waals surface area contributed by atoms with E-state index in [1.807, 2.05) is 25.3 Å². The number of non-ortho nitro benzene ring substituents is 1. The molecule has 0 unspecified atom stereocenters. The quantitative estimate of drug-likeness (QED) is 0.270. The molecule has 2 aromatic heterocycles. The molecule has 0 aliphatic carbocycles. The summed E-state index contributed by atoms with van der Waals surface area (Å²) in [6, 6.07) is 12.4. The molecule has 0 bridgehead atoms. The molecule has 2 N–H and O–H groups in total. The minimum Gasteiger partial charge on any atom is -0.466 e. The number of aromatic nitrogens is 1. The van der Waals surface area contributed by atoms with E-state index in [0.717, 1.165) is 23.2 Å². The molecule has 1 amide bonds. The molecule has 0 atom stereocenters. The van der Waals surface area contributed by atoms with Gasteiger partial charge in [0, 0.05) is 34.3 Å². The van der Waals surface area contributed by atoms with Gasteiger partial charge in [-0.15, -0.1) is 11.3 Å². The summed E-state index contributed by atoms with van der Waals surface area (Å²) >= 11 is 1.27. The van der Waals surface area contributed by atoms with Gasteiger partial charge in [-0.05, 0) is 50.2 Å². The fourth-order valence-corrected chi connectivity index (χ4v) is 4.98. The Morgan fingerprint density at radius 2 is 1.85 bits per heavy atom. The van der Waals surface area contributed by atoms with Crippen LogP contribution < -0.4 is 10.0 Å². The summed E-state index contributed by atoms with van der Waals surface area (Å²) < 4.78 is 33.0. The van der Waals surface area contributed by atoms with Gasteiger partial charge >= 0.3 is 0 Å². The Balaban J connectivity index is 1.44. The predicted octanol–water partition coefficient (Wildman–Crippen LogP) is 4.98. The number of carbonyl (C=O) groups excluding carboxylic acids is 1. The van der Waals surface area contributed by atoms with Crippen molar-refractivity contribution in [2.45, 2.75) is 18.7 Å². The zero-order chi connectivity index (χ0) is 24.5. The molecule has 4 aromatic rings. The molecular weight excluding hydrogens is 480 g/mol. The zero-order valence-corrected chi connectivity index (χ0v) is 19.6. The summed E-state index contributed by atoms with van der Waals surface area (Å²) in [6.07, 6.45) is 0. The van der Waals surface area contributed by atoms with Crippen molar-refractivity contribution in [3.63, 3.8) is 0 Å². The van der Waals surface area contributed by atoms with Crippen LogP contribution in [0.1, 0.15) is 21.9 Å². The van der Waals surface area contributed by atoms with Gasteiger partial charge < -0.3 is 4.42 Å².